The number of anilines is 1. The molecular formula is C17H20N4O3S. The van der Waals surface area contributed by atoms with Crippen LogP contribution >= 0.6 is 11.3 Å². The first-order valence-corrected chi connectivity index (χ1v) is 9.08. The highest BCUT2D eigenvalue weighted by Crippen LogP contribution is 2.33. The van der Waals surface area contributed by atoms with Gasteiger partial charge in [-0.15, -0.1) is 0 Å². The van der Waals surface area contributed by atoms with Crippen molar-refractivity contribution in [3.8, 4) is 11.5 Å². The Kier molecular flexibility index (Phi) is 4.46. The van der Waals surface area contributed by atoms with Gasteiger partial charge in [-0.25, -0.2) is 4.98 Å². The van der Waals surface area contributed by atoms with Gasteiger partial charge >= 0.3 is 0 Å². The van der Waals surface area contributed by atoms with Crippen LogP contribution in [0.15, 0.2) is 24.4 Å². The predicted molar refractivity (Wildman–Crippen MR) is 95.6 cm³/mol. The number of hydrogen-bond donors (Lipinski definition) is 1. The molecule has 2 aliphatic rings. The summed E-state index contributed by atoms with van der Waals surface area (Å²) < 4.78 is 10.8. The number of benzene rings is 1. The van der Waals surface area contributed by atoms with Gasteiger partial charge in [0, 0.05) is 39.8 Å². The number of nitrogens with zero attached hydrogens (tertiary/aromatic N) is 3. The fourth-order valence-corrected chi connectivity index (χ4v) is 3.95. The summed E-state index contributed by atoms with van der Waals surface area (Å²) in [6.07, 6.45) is 1.65. The minimum atomic E-state index is -0.0785. The number of aromatic nitrogens is 1. The van der Waals surface area contributed by atoms with Crippen LogP contribution in [0.4, 0.5) is 5.13 Å². The maximum absolute atomic E-state index is 11.7. The van der Waals surface area contributed by atoms with E-state index in [1.165, 1.54) is 16.9 Å². The molecule has 4 rings (SSSR count). The van der Waals surface area contributed by atoms with E-state index in [1.54, 1.807) is 13.2 Å². The van der Waals surface area contributed by atoms with E-state index in [1.807, 2.05) is 6.07 Å². The molecule has 7 nitrogen and oxygen atoms in total. The number of thiazole rings is 1. The highest BCUT2D eigenvalue weighted by atomic mass is 32.1. The summed E-state index contributed by atoms with van der Waals surface area (Å²) in [5, 5.41) is 3.55. The molecule has 2 aliphatic heterocycles. The molecular weight excluding hydrogens is 340 g/mol. The third kappa shape index (κ3) is 3.40. The van der Waals surface area contributed by atoms with Gasteiger partial charge in [0.15, 0.2) is 16.6 Å². The van der Waals surface area contributed by atoms with Gasteiger partial charge in [-0.1, -0.05) is 17.4 Å². The van der Waals surface area contributed by atoms with Gasteiger partial charge in [0.2, 0.25) is 6.79 Å². The molecule has 132 valence electrons. The number of amides is 1. The molecule has 0 unspecified atom stereocenters. The van der Waals surface area contributed by atoms with Crippen LogP contribution < -0.4 is 19.7 Å². The van der Waals surface area contributed by atoms with E-state index in [0.717, 1.165) is 49.4 Å². The van der Waals surface area contributed by atoms with Crippen LogP contribution in [0.5, 0.6) is 11.5 Å². The Morgan fingerprint density at radius 3 is 2.84 bits per heavy atom. The zero-order valence-electron chi connectivity index (χ0n) is 14.0. The lowest BCUT2D eigenvalue weighted by Gasteiger charge is -2.34. The Hall–Kier alpha value is -2.32. The standard InChI is InChI=1S/C17H20N4O3S/c1-18-16(22)15-9-19-17(25-15)21-6-4-20(5-7-21)10-12-2-3-13-14(8-12)24-11-23-13/h2-3,8-9H,4-7,10-11H2,1H3,(H,18,22). The number of hydrogen-bond acceptors (Lipinski definition) is 7. The van der Waals surface area contributed by atoms with Crippen molar-refractivity contribution in [3.05, 3.63) is 34.8 Å². The van der Waals surface area contributed by atoms with Crippen molar-refractivity contribution in [2.45, 2.75) is 6.54 Å². The number of ether oxygens (including phenoxy) is 2. The summed E-state index contributed by atoms with van der Waals surface area (Å²) in [5.74, 6) is 1.58. The topological polar surface area (TPSA) is 66.9 Å². The average Bonchev–Trinajstić information content (AvgIpc) is 3.31. The lowest BCUT2D eigenvalue weighted by molar-refractivity contribution is 0.0967. The van der Waals surface area contributed by atoms with Crippen LogP contribution in [0.3, 0.4) is 0 Å². The molecule has 1 saturated heterocycles. The Balaban J connectivity index is 1.34. The largest absolute Gasteiger partial charge is 0.454 e. The maximum atomic E-state index is 11.7. The molecule has 1 N–H and O–H groups in total. The van der Waals surface area contributed by atoms with Gasteiger partial charge in [0.1, 0.15) is 4.88 Å². The number of carbonyl (C=O) groups is 1. The van der Waals surface area contributed by atoms with Gasteiger partial charge in [0.25, 0.3) is 5.91 Å². The van der Waals surface area contributed by atoms with Gasteiger partial charge in [-0.3, -0.25) is 9.69 Å². The first kappa shape index (κ1) is 16.2. The number of rotatable bonds is 4. The highest BCUT2D eigenvalue weighted by molar-refractivity contribution is 7.17. The number of fused-ring (bicyclic) bond motifs is 1. The van der Waals surface area contributed by atoms with Crippen molar-refractivity contribution < 1.29 is 14.3 Å². The van der Waals surface area contributed by atoms with Crippen molar-refractivity contribution in [1.82, 2.24) is 15.2 Å². The summed E-state index contributed by atoms with van der Waals surface area (Å²) in [6.45, 7) is 4.94. The molecule has 0 bridgehead atoms. The van der Waals surface area contributed by atoms with E-state index < -0.39 is 0 Å². The van der Waals surface area contributed by atoms with Crippen molar-refractivity contribution in [2.24, 2.45) is 0 Å². The van der Waals surface area contributed by atoms with Crippen LogP contribution in [-0.4, -0.2) is 55.8 Å². The smallest absolute Gasteiger partial charge is 0.262 e. The fraction of sp³-hybridized carbons (Fsp3) is 0.412. The summed E-state index contributed by atoms with van der Waals surface area (Å²) >= 11 is 1.44. The minimum absolute atomic E-state index is 0.0785. The normalized spacial score (nSPS) is 16.9. The molecule has 25 heavy (non-hydrogen) atoms. The number of piperazine rings is 1. The molecule has 0 saturated carbocycles. The van der Waals surface area contributed by atoms with Crippen LogP contribution in [0, 0.1) is 0 Å². The predicted octanol–water partition coefficient (Wildman–Crippen LogP) is 1.55. The van der Waals surface area contributed by atoms with E-state index in [4.69, 9.17) is 9.47 Å². The third-order valence-electron chi connectivity index (χ3n) is 4.43. The maximum Gasteiger partial charge on any atom is 0.262 e. The average molecular weight is 360 g/mol. The Labute approximate surface area is 150 Å². The Morgan fingerprint density at radius 1 is 1.24 bits per heavy atom. The zero-order valence-corrected chi connectivity index (χ0v) is 14.8. The zero-order chi connectivity index (χ0) is 17.2. The molecule has 2 aromatic rings. The molecule has 8 heteroatoms. The number of carbonyl (C=O) groups excluding carboxylic acids is 1. The molecule has 0 aliphatic carbocycles. The Morgan fingerprint density at radius 2 is 2.04 bits per heavy atom. The molecule has 1 fully saturated rings. The van der Waals surface area contributed by atoms with Crippen LogP contribution in [0.2, 0.25) is 0 Å². The van der Waals surface area contributed by atoms with Gasteiger partial charge < -0.3 is 19.7 Å². The molecule has 0 spiro atoms. The van der Waals surface area contributed by atoms with Crippen LogP contribution in [0.25, 0.3) is 0 Å². The van der Waals surface area contributed by atoms with Crippen molar-refractivity contribution in [1.29, 1.82) is 0 Å². The van der Waals surface area contributed by atoms with Crippen molar-refractivity contribution >= 4 is 22.4 Å². The number of nitrogens with one attached hydrogen (secondary N) is 1. The minimum Gasteiger partial charge on any atom is -0.454 e. The first-order valence-electron chi connectivity index (χ1n) is 8.26. The molecule has 0 atom stereocenters. The molecule has 3 heterocycles. The SMILES string of the molecule is CNC(=O)c1cnc(N2CCN(Cc3ccc4c(c3)OCO4)CC2)s1. The highest BCUT2D eigenvalue weighted by Gasteiger charge is 2.21. The third-order valence-corrected chi connectivity index (χ3v) is 5.49. The van der Waals surface area contributed by atoms with Gasteiger partial charge in [0.05, 0.1) is 6.20 Å². The lowest BCUT2D eigenvalue weighted by atomic mass is 10.1. The van der Waals surface area contributed by atoms with Crippen molar-refractivity contribution in [2.75, 3.05) is 44.9 Å². The second-order valence-electron chi connectivity index (χ2n) is 6.04. The van der Waals surface area contributed by atoms with E-state index in [9.17, 15) is 4.79 Å². The van der Waals surface area contributed by atoms with Gasteiger partial charge in [-0.2, -0.15) is 0 Å². The van der Waals surface area contributed by atoms with Gasteiger partial charge in [-0.05, 0) is 17.7 Å². The van der Waals surface area contributed by atoms with E-state index in [-0.39, 0.29) is 5.91 Å². The quantitative estimate of drug-likeness (QED) is 0.892. The van der Waals surface area contributed by atoms with E-state index in [2.05, 4.69) is 32.2 Å². The second-order valence-corrected chi connectivity index (χ2v) is 7.05. The molecule has 1 aromatic heterocycles. The summed E-state index contributed by atoms with van der Waals surface area (Å²) in [6, 6.07) is 6.13. The monoisotopic (exact) mass is 360 g/mol. The molecule has 1 aromatic carbocycles. The summed E-state index contributed by atoms with van der Waals surface area (Å²) in [4.78, 5) is 21.4. The van der Waals surface area contributed by atoms with Crippen molar-refractivity contribution in [3.63, 3.8) is 0 Å². The summed E-state index contributed by atoms with van der Waals surface area (Å²) in [5.41, 5.74) is 1.23. The Bertz CT molecular complexity index is 771. The molecule has 0 radical (unpaired) electrons. The summed E-state index contributed by atoms with van der Waals surface area (Å²) in [7, 11) is 1.64. The van der Waals surface area contributed by atoms with E-state index in [0.29, 0.717) is 11.7 Å². The fourth-order valence-electron chi connectivity index (χ4n) is 3.03. The first-order chi connectivity index (χ1) is 12.2. The van der Waals surface area contributed by atoms with Crippen LogP contribution in [-0.2, 0) is 6.54 Å². The van der Waals surface area contributed by atoms with E-state index >= 15 is 0 Å². The van der Waals surface area contributed by atoms with Crippen LogP contribution in [0.1, 0.15) is 15.2 Å². The molecule has 1 amide bonds. The lowest BCUT2D eigenvalue weighted by Crippen LogP contribution is -2.45. The second kappa shape index (κ2) is 6.89.